The smallest absolute Gasteiger partial charge is 0.225 e. The summed E-state index contributed by atoms with van der Waals surface area (Å²) in [5.41, 5.74) is 2.91. The molecule has 3 aromatic rings. The lowest BCUT2D eigenvalue weighted by molar-refractivity contribution is -0.146. The van der Waals surface area contributed by atoms with E-state index < -0.39 is 0 Å². The van der Waals surface area contributed by atoms with E-state index in [2.05, 4.69) is 40.4 Å². The number of aromatic nitrogens is 3. The number of benzene rings is 1. The summed E-state index contributed by atoms with van der Waals surface area (Å²) in [4.78, 5) is 25.0. The molecule has 1 atom stereocenters. The van der Waals surface area contributed by atoms with Crippen molar-refractivity contribution >= 4 is 17.1 Å². The Bertz CT molecular complexity index is 1180. The van der Waals surface area contributed by atoms with Crippen molar-refractivity contribution in [3.8, 4) is 5.75 Å². The first kappa shape index (κ1) is 23.8. The molecule has 7 heteroatoms. The SMILES string of the molecule is COc1cccc(CCc2nc3cccnc3n2C2CCN(C(=O)[C@H]3CCOC(C)(C)C3)CC2)c1. The van der Waals surface area contributed by atoms with E-state index in [0.717, 1.165) is 74.4 Å². The van der Waals surface area contributed by atoms with Gasteiger partial charge in [0.1, 0.15) is 17.1 Å². The summed E-state index contributed by atoms with van der Waals surface area (Å²) >= 11 is 0. The van der Waals surface area contributed by atoms with Gasteiger partial charge in [-0.3, -0.25) is 4.79 Å². The highest BCUT2D eigenvalue weighted by Gasteiger charge is 2.36. The van der Waals surface area contributed by atoms with Crippen LogP contribution in [0.1, 0.15) is 57.0 Å². The third-order valence-corrected chi connectivity index (χ3v) is 7.48. The van der Waals surface area contributed by atoms with Gasteiger partial charge in [0.15, 0.2) is 5.65 Å². The molecule has 2 fully saturated rings. The van der Waals surface area contributed by atoms with Gasteiger partial charge in [-0.25, -0.2) is 9.97 Å². The van der Waals surface area contributed by atoms with Gasteiger partial charge in [0.2, 0.25) is 5.91 Å². The first-order valence-electron chi connectivity index (χ1n) is 12.8. The number of nitrogens with zero attached hydrogens (tertiary/aromatic N) is 4. The zero-order chi connectivity index (χ0) is 24.4. The summed E-state index contributed by atoms with van der Waals surface area (Å²) in [6, 6.07) is 12.5. The first-order chi connectivity index (χ1) is 16.9. The Balaban J connectivity index is 1.30. The molecule has 2 aliphatic rings. The second kappa shape index (κ2) is 9.97. The van der Waals surface area contributed by atoms with Crippen LogP contribution in [0.3, 0.4) is 0 Å². The molecule has 2 aromatic heterocycles. The van der Waals surface area contributed by atoms with Gasteiger partial charge in [0, 0.05) is 44.3 Å². The number of fused-ring (bicyclic) bond motifs is 1. The van der Waals surface area contributed by atoms with E-state index in [9.17, 15) is 4.79 Å². The summed E-state index contributed by atoms with van der Waals surface area (Å²) in [7, 11) is 1.70. The minimum atomic E-state index is -0.212. The molecule has 186 valence electrons. The van der Waals surface area contributed by atoms with E-state index in [4.69, 9.17) is 14.5 Å². The van der Waals surface area contributed by atoms with Crippen LogP contribution in [0.5, 0.6) is 5.75 Å². The highest BCUT2D eigenvalue weighted by atomic mass is 16.5. The molecule has 2 saturated heterocycles. The molecule has 0 aliphatic carbocycles. The lowest BCUT2D eigenvalue weighted by atomic mass is 9.87. The number of hydrogen-bond donors (Lipinski definition) is 0. The molecular weight excluding hydrogens is 440 g/mol. The summed E-state index contributed by atoms with van der Waals surface area (Å²) in [5, 5.41) is 0. The standard InChI is InChI=1S/C28H36N4O3/c1-28(2)19-21(13-17-35-28)27(33)31-15-11-22(12-16-31)32-25(30-24-8-5-14-29-26(24)32)10-9-20-6-4-7-23(18-20)34-3/h4-8,14,18,21-22H,9-13,15-17,19H2,1-3H3/t21-/m0/s1. The van der Waals surface area contributed by atoms with Crippen molar-refractivity contribution in [2.45, 2.75) is 64.0 Å². The van der Waals surface area contributed by atoms with Gasteiger partial charge in [-0.1, -0.05) is 12.1 Å². The van der Waals surface area contributed by atoms with E-state index in [-0.39, 0.29) is 11.5 Å². The number of pyridine rings is 1. The fourth-order valence-electron chi connectivity index (χ4n) is 5.67. The molecule has 0 radical (unpaired) electrons. The Labute approximate surface area is 207 Å². The molecule has 1 amide bonds. The molecule has 1 aromatic carbocycles. The Hall–Kier alpha value is -2.93. The molecule has 0 spiro atoms. The highest BCUT2D eigenvalue weighted by molar-refractivity contribution is 5.79. The second-order valence-corrected chi connectivity index (χ2v) is 10.5. The second-order valence-electron chi connectivity index (χ2n) is 10.5. The largest absolute Gasteiger partial charge is 0.497 e. The quantitative estimate of drug-likeness (QED) is 0.520. The van der Waals surface area contributed by atoms with Crippen LogP contribution in [0.2, 0.25) is 0 Å². The zero-order valence-corrected chi connectivity index (χ0v) is 21.1. The van der Waals surface area contributed by atoms with Gasteiger partial charge in [-0.2, -0.15) is 0 Å². The molecule has 0 saturated carbocycles. The number of aryl methyl sites for hydroxylation is 2. The predicted molar refractivity (Wildman–Crippen MR) is 136 cm³/mol. The maximum absolute atomic E-state index is 13.3. The van der Waals surface area contributed by atoms with Crippen molar-refractivity contribution < 1.29 is 14.3 Å². The van der Waals surface area contributed by atoms with Crippen LogP contribution >= 0.6 is 0 Å². The number of ether oxygens (including phenoxy) is 2. The topological polar surface area (TPSA) is 69.5 Å². The van der Waals surface area contributed by atoms with Gasteiger partial charge in [0.25, 0.3) is 0 Å². The summed E-state index contributed by atoms with van der Waals surface area (Å²) in [6.45, 7) is 6.40. The monoisotopic (exact) mass is 476 g/mol. The number of rotatable bonds is 6. The van der Waals surface area contributed by atoms with Gasteiger partial charge < -0.3 is 18.9 Å². The summed E-state index contributed by atoms with van der Waals surface area (Å²) in [5.74, 6) is 2.32. The van der Waals surface area contributed by atoms with E-state index in [0.29, 0.717) is 18.6 Å². The molecule has 4 heterocycles. The number of likely N-dealkylation sites (tertiary alicyclic amines) is 1. The zero-order valence-electron chi connectivity index (χ0n) is 21.1. The van der Waals surface area contributed by atoms with E-state index >= 15 is 0 Å². The molecule has 0 N–H and O–H groups in total. The predicted octanol–water partition coefficient (Wildman–Crippen LogP) is 4.59. The van der Waals surface area contributed by atoms with Crippen molar-refractivity contribution in [3.05, 3.63) is 54.0 Å². The first-order valence-corrected chi connectivity index (χ1v) is 12.8. The normalized spacial score (nSPS) is 20.8. The molecule has 0 bridgehead atoms. The van der Waals surface area contributed by atoms with Crippen molar-refractivity contribution in [1.29, 1.82) is 0 Å². The number of piperidine rings is 1. The molecule has 0 unspecified atom stereocenters. The van der Waals surface area contributed by atoms with E-state index in [1.807, 2.05) is 30.5 Å². The fraction of sp³-hybridized carbons (Fsp3) is 0.536. The number of hydrogen-bond acceptors (Lipinski definition) is 5. The number of methoxy groups -OCH3 is 1. The van der Waals surface area contributed by atoms with E-state index in [1.165, 1.54) is 5.56 Å². The van der Waals surface area contributed by atoms with Crippen molar-refractivity contribution in [2.75, 3.05) is 26.8 Å². The Kier molecular flexibility index (Phi) is 6.78. The van der Waals surface area contributed by atoms with Crippen molar-refractivity contribution in [1.82, 2.24) is 19.4 Å². The number of carbonyl (C=O) groups is 1. The average Bonchev–Trinajstić information content (AvgIpc) is 3.25. The lowest BCUT2D eigenvalue weighted by Gasteiger charge is -2.39. The van der Waals surface area contributed by atoms with Gasteiger partial charge in [-0.05, 0) is 75.8 Å². The summed E-state index contributed by atoms with van der Waals surface area (Å²) < 4.78 is 13.6. The molecule has 2 aliphatic heterocycles. The number of imidazole rings is 1. The maximum Gasteiger partial charge on any atom is 0.225 e. The van der Waals surface area contributed by atoms with Crippen LogP contribution in [0.4, 0.5) is 0 Å². The van der Waals surface area contributed by atoms with Crippen LogP contribution in [-0.2, 0) is 22.4 Å². The van der Waals surface area contributed by atoms with Crippen LogP contribution in [-0.4, -0.2) is 57.7 Å². The third-order valence-electron chi connectivity index (χ3n) is 7.48. The minimum Gasteiger partial charge on any atom is -0.497 e. The molecule has 7 nitrogen and oxygen atoms in total. The van der Waals surface area contributed by atoms with Crippen LogP contribution < -0.4 is 4.74 Å². The minimum absolute atomic E-state index is 0.0736. The van der Waals surface area contributed by atoms with Crippen LogP contribution in [0.15, 0.2) is 42.6 Å². The maximum atomic E-state index is 13.3. The van der Waals surface area contributed by atoms with Gasteiger partial charge >= 0.3 is 0 Å². The summed E-state index contributed by atoms with van der Waals surface area (Å²) in [6.07, 6.45) is 7.04. The molecule has 35 heavy (non-hydrogen) atoms. The van der Waals surface area contributed by atoms with Crippen molar-refractivity contribution in [3.63, 3.8) is 0 Å². The van der Waals surface area contributed by atoms with Gasteiger partial charge in [-0.15, -0.1) is 0 Å². The van der Waals surface area contributed by atoms with Crippen LogP contribution in [0, 0.1) is 5.92 Å². The number of amides is 1. The Morgan fingerprint density at radius 3 is 2.74 bits per heavy atom. The Morgan fingerprint density at radius 1 is 1.14 bits per heavy atom. The van der Waals surface area contributed by atoms with Crippen molar-refractivity contribution in [2.24, 2.45) is 5.92 Å². The molecule has 5 rings (SSSR count). The van der Waals surface area contributed by atoms with Crippen LogP contribution in [0.25, 0.3) is 11.2 Å². The average molecular weight is 477 g/mol. The van der Waals surface area contributed by atoms with E-state index in [1.54, 1.807) is 7.11 Å². The van der Waals surface area contributed by atoms with Gasteiger partial charge in [0.05, 0.1) is 12.7 Å². The Morgan fingerprint density at radius 2 is 1.97 bits per heavy atom. The fourth-order valence-corrected chi connectivity index (χ4v) is 5.67. The third kappa shape index (κ3) is 5.20. The number of carbonyl (C=O) groups excluding carboxylic acids is 1. The highest BCUT2D eigenvalue weighted by Crippen LogP contribution is 2.33. The molecular formula is C28H36N4O3. The lowest BCUT2D eigenvalue weighted by Crippen LogP contribution is -2.46.